The summed E-state index contributed by atoms with van der Waals surface area (Å²) in [5.41, 5.74) is 3.57. The van der Waals surface area contributed by atoms with E-state index in [0.29, 0.717) is 18.7 Å². The van der Waals surface area contributed by atoms with Crippen molar-refractivity contribution in [1.82, 2.24) is 10.2 Å². The lowest BCUT2D eigenvalue weighted by atomic mass is 9.94. The molecule has 0 fully saturated rings. The molecule has 2 aromatic rings. The number of nitrogens with one attached hydrogen (secondary N) is 2. The summed E-state index contributed by atoms with van der Waals surface area (Å²) in [4.78, 5) is 42.2. The average molecular weight is 510 g/mol. The predicted molar refractivity (Wildman–Crippen MR) is 148 cm³/mol. The van der Waals surface area contributed by atoms with Crippen LogP contribution in [-0.4, -0.2) is 41.0 Å². The Hall–Kier alpha value is -3.35. The molecule has 2 N–H and O–H groups in total. The maximum atomic E-state index is 14.1. The molecule has 2 atom stereocenters. The van der Waals surface area contributed by atoms with Crippen molar-refractivity contribution in [2.24, 2.45) is 5.92 Å². The number of benzene rings is 2. The van der Waals surface area contributed by atoms with Crippen molar-refractivity contribution in [3.8, 4) is 0 Å². The van der Waals surface area contributed by atoms with Crippen molar-refractivity contribution in [2.75, 3.05) is 11.9 Å². The normalized spacial score (nSPS) is 13.0. The highest BCUT2D eigenvalue weighted by Crippen LogP contribution is 2.29. The minimum absolute atomic E-state index is 0.224. The molecule has 0 aliphatic rings. The third-order valence-electron chi connectivity index (χ3n) is 6.04. The van der Waals surface area contributed by atoms with Crippen molar-refractivity contribution in [3.05, 3.63) is 64.7 Å². The topological polar surface area (TPSA) is 87.7 Å². The van der Waals surface area contributed by atoms with Crippen LogP contribution in [0, 0.1) is 26.7 Å². The van der Waals surface area contributed by atoms with E-state index in [4.69, 9.17) is 4.74 Å². The van der Waals surface area contributed by atoms with Crippen LogP contribution in [0.15, 0.2) is 42.5 Å². The average Bonchev–Trinajstić information content (AvgIpc) is 2.79. The molecule has 0 saturated carbocycles. The number of ether oxygens (including phenoxy) is 1. The number of rotatable bonds is 9. The smallest absolute Gasteiger partial charge is 0.408 e. The van der Waals surface area contributed by atoms with Crippen molar-refractivity contribution in [3.63, 3.8) is 0 Å². The number of alkyl carbamates (subject to hydrolysis) is 1. The van der Waals surface area contributed by atoms with Crippen molar-refractivity contribution >= 4 is 23.6 Å². The van der Waals surface area contributed by atoms with Gasteiger partial charge in [0, 0.05) is 12.2 Å². The van der Waals surface area contributed by atoms with Crippen LogP contribution in [0.25, 0.3) is 0 Å². The highest BCUT2D eigenvalue weighted by molar-refractivity contribution is 5.99. The summed E-state index contributed by atoms with van der Waals surface area (Å²) < 4.78 is 5.43. The molecule has 0 aliphatic heterocycles. The third kappa shape index (κ3) is 8.34. The van der Waals surface area contributed by atoms with E-state index >= 15 is 0 Å². The third-order valence-corrected chi connectivity index (χ3v) is 6.04. The summed E-state index contributed by atoms with van der Waals surface area (Å²) in [5, 5.41) is 5.80. The van der Waals surface area contributed by atoms with Gasteiger partial charge in [0.15, 0.2) is 0 Å². The standard InChI is InChI=1S/C30H43N3O4/c1-10-17-33(28(35)25(19(2)3)32-29(36)37-30(7,8)9)26(23-18-20(4)15-16-21(23)5)27(34)31-24-14-12-11-13-22(24)6/h11-16,18-19,25-26H,10,17H2,1-9H3,(H,31,34)(H,32,36). The maximum absolute atomic E-state index is 14.1. The summed E-state index contributed by atoms with van der Waals surface area (Å²) in [7, 11) is 0. The van der Waals surface area contributed by atoms with Crippen molar-refractivity contribution in [1.29, 1.82) is 0 Å². The first-order valence-corrected chi connectivity index (χ1v) is 13.0. The van der Waals surface area contributed by atoms with Gasteiger partial charge in [0.1, 0.15) is 17.7 Å². The van der Waals surface area contributed by atoms with E-state index in [9.17, 15) is 14.4 Å². The lowest BCUT2D eigenvalue weighted by Gasteiger charge is -2.36. The number of hydrogen-bond acceptors (Lipinski definition) is 4. The molecule has 0 aliphatic carbocycles. The first-order valence-electron chi connectivity index (χ1n) is 13.0. The molecular formula is C30H43N3O4. The van der Waals surface area contributed by atoms with Crippen LogP contribution in [0.3, 0.4) is 0 Å². The number of aryl methyl sites for hydroxylation is 3. The molecule has 2 unspecified atom stereocenters. The highest BCUT2D eigenvalue weighted by Gasteiger charge is 2.38. The Labute approximate surface area is 222 Å². The SMILES string of the molecule is CCCN(C(=O)C(NC(=O)OC(C)(C)C)C(C)C)C(C(=O)Nc1ccccc1C)c1cc(C)ccc1C. The Morgan fingerprint density at radius 2 is 1.62 bits per heavy atom. The number of nitrogens with zero attached hydrogens (tertiary/aromatic N) is 1. The molecule has 0 saturated heterocycles. The molecule has 3 amide bonds. The monoisotopic (exact) mass is 509 g/mol. The van der Waals surface area contributed by atoms with Crippen LogP contribution in [0.4, 0.5) is 10.5 Å². The highest BCUT2D eigenvalue weighted by atomic mass is 16.6. The fourth-order valence-corrected chi connectivity index (χ4v) is 4.15. The number of amides is 3. The molecule has 2 rings (SSSR count). The lowest BCUT2D eigenvalue weighted by molar-refractivity contribution is -0.141. The van der Waals surface area contributed by atoms with Crippen LogP contribution in [0.1, 0.15) is 76.3 Å². The fraction of sp³-hybridized carbons (Fsp3) is 0.500. The second-order valence-corrected chi connectivity index (χ2v) is 11.0. The van der Waals surface area contributed by atoms with E-state index < -0.39 is 23.8 Å². The summed E-state index contributed by atoms with van der Waals surface area (Å²) in [5.74, 6) is -0.851. The van der Waals surface area contributed by atoms with E-state index in [1.54, 1.807) is 25.7 Å². The second kappa shape index (κ2) is 12.7. The molecule has 0 bridgehead atoms. The van der Waals surface area contributed by atoms with Gasteiger partial charge in [0.25, 0.3) is 5.91 Å². The molecule has 0 spiro atoms. The van der Waals surface area contributed by atoms with E-state index in [0.717, 1.165) is 22.3 Å². The van der Waals surface area contributed by atoms with Crippen LogP contribution in [0.5, 0.6) is 0 Å². The molecular weight excluding hydrogens is 466 g/mol. The molecule has 7 heteroatoms. The minimum Gasteiger partial charge on any atom is -0.444 e. The molecule has 2 aromatic carbocycles. The lowest BCUT2D eigenvalue weighted by Crippen LogP contribution is -2.54. The summed E-state index contributed by atoms with van der Waals surface area (Å²) >= 11 is 0. The molecule has 0 radical (unpaired) electrons. The Morgan fingerprint density at radius 1 is 0.973 bits per heavy atom. The van der Waals surface area contributed by atoms with E-state index in [1.165, 1.54) is 0 Å². The van der Waals surface area contributed by atoms with E-state index in [2.05, 4.69) is 10.6 Å². The van der Waals surface area contributed by atoms with Gasteiger partial charge in [-0.15, -0.1) is 0 Å². The quantitative estimate of drug-likeness (QED) is 0.429. The van der Waals surface area contributed by atoms with Gasteiger partial charge in [-0.25, -0.2) is 4.79 Å². The van der Waals surface area contributed by atoms with Crippen molar-refractivity contribution in [2.45, 2.75) is 86.4 Å². The van der Waals surface area contributed by atoms with Gasteiger partial charge in [-0.1, -0.05) is 62.7 Å². The van der Waals surface area contributed by atoms with E-state index in [-0.39, 0.29) is 17.7 Å². The van der Waals surface area contributed by atoms with Gasteiger partial charge in [0.05, 0.1) is 0 Å². The Kier molecular flexibility index (Phi) is 10.3. The predicted octanol–water partition coefficient (Wildman–Crippen LogP) is 6.08. The van der Waals surface area contributed by atoms with E-state index in [1.807, 2.05) is 84.0 Å². The Morgan fingerprint density at radius 3 is 2.19 bits per heavy atom. The summed E-state index contributed by atoms with van der Waals surface area (Å²) in [6, 6.07) is 11.7. The zero-order valence-corrected chi connectivity index (χ0v) is 23.8. The molecule has 37 heavy (non-hydrogen) atoms. The van der Waals surface area contributed by atoms with Gasteiger partial charge in [0.2, 0.25) is 5.91 Å². The van der Waals surface area contributed by atoms with Crippen LogP contribution in [-0.2, 0) is 14.3 Å². The molecule has 0 heterocycles. The van der Waals surface area contributed by atoms with Gasteiger partial charge in [-0.2, -0.15) is 0 Å². The Balaban J connectivity index is 2.56. The number of hydrogen-bond donors (Lipinski definition) is 2. The first-order chi connectivity index (χ1) is 17.2. The summed E-state index contributed by atoms with van der Waals surface area (Å²) in [6.07, 6.45) is -0.0224. The molecule has 202 valence electrons. The zero-order chi connectivity index (χ0) is 27.9. The number of para-hydroxylation sites is 1. The van der Waals surface area contributed by atoms with Crippen LogP contribution < -0.4 is 10.6 Å². The van der Waals surface area contributed by atoms with Crippen LogP contribution >= 0.6 is 0 Å². The Bertz CT molecular complexity index is 1100. The van der Waals surface area contributed by atoms with Gasteiger partial charge in [-0.05, 0) is 76.6 Å². The van der Waals surface area contributed by atoms with Gasteiger partial charge in [-0.3, -0.25) is 9.59 Å². The van der Waals surface area contributed by atoms with Crippen molar-refractivity contribution < 1.29 is 19.1 Å². The maximum Gasteiger partial charge on any atom is 0.408 e. The van der Waals surface area contributed by atoms with Crippen LogP contribution in [0.2, 0.25) is 0 Å². The number of carbonyl (C=O) groups excluding carboxylic acids is 3. The second-order valence-electron chi connectivity index (χ2n) is 11.0. The van der Waals surface area contributed by atoms with Gasteiger partial charge >= 0.3 is 6.09 Å². The first kappa shape index (κ1) is 29.9. The molecule has 7 nitrogen and oxygen atoms in total. The molecule has 0 aromatic heterocycles. The largest absolute Gasteiger partial charge is 0.444 e. The zero-order valence-electron chi connectivity index (χ0n) is 23.8. The number of anilines is 1. The summed E-state index contributed by atoms with van der Waals surface area (Å²) in [6.45, 7) is 17.2. The van der Waals surface area contributed by atoms with Gasteiger partial charge < -0.3 is 20.3 Å². The fourth-order valence-electron chi connectivity index (χ4n) is 4.15. The minimum atomic E-state index is -0.881. The number of carbonyl (C=O) groups is 3.